The van der Waals surface area contributed by atoms with Gasteiger partial charge in [0.1, 0.15) is 30.5 Å². The predicted molar refractivity (Wildman–Crippen MR) is 85.1 cm³/mol. The average Bonchev–Trinajstić information content (AvgIpc) is 3.03. The highest BCUT2D eigenvalue weighted by molar-refractivity contribution is 5.02. The topological polar surface area (TPSA) is 144 Å². The molecule has 24 heavy (non-hydrogen) atoms. The fourth-order valence-electron chi connectivity index (χ4n) is 2.90. The molecule has 1 aromatic rings. The summed E-state index contributed by atoms with van der Waals surface area (Å²) in [6.45, 7) is 3.42. The number of hydrogen-bond donors (Lipinski definition) is 6. The van der Waals surface area contributed by atoms with Gasteiger partial charge in [-0.05, 0) is 25.8 Å². The smallest absolute Gasteiger partial charge is 0.111 e. The number of aryl methyl sites for hydroxylation is 2. The summed E-state index contributed by atoms with van der Waals surface area (Å²) in [5, 5.41) is 59.8. The molecule has 1 aromatic heterocycles. The predicted octanol–water partition coefficient (Wildman–Crippen LogP) is -2.21. The fourth-order valence-corrected chi connectivity index (χ4v) is 2.90. The van der Waals surface area contributed by atoms with E-state index in [0.29, 0.717) is 19.4 Å². The third kappa shape index (κ3) is 4.50. The molecule has 1 fully saturated rings. The lowest BCUT2D eigenvalue weighted by molar-refractivity contribution is -0.190. The van der Waals surface area contributed by atoms with Crippen molar-refractivity contribution in [3.63, 3.8) is 0 Å². The SMILES string of the molecule is CCCCn1cc(CCCNC2C(O)C(O)C(O)C(O)C2O)nn1. The van der Waals surface area contributed by atoms with Crippen LogP contribution < -0.4 is 5.32 Å². The Bertz CT molecular complexity index is 484. The van der Waals surface area contributed by atoms with Gasteiger partial charge in [0, 0.05) is 12.7 Å². The maximum Gasteiger partial charge on any atom is 0.111 e. The molecule has 138 valence electrons. The molecule has 0 aliphatic heterocycles. The molecule has 0 bridgehead atoms. The first-order chi connectivity index (χ1) is 11.5. The lowest BCUT2D eigenvalue weighted by Gasteiger charge is -2.42. The van der Waals surface area contributed by atoms with Gasteiger partial charge in [0.25, 0.3) is 0 Å². The molecule has 2 rings (SSSR count). The molecule has 1 aliphatic carbocycles. The summed E-state index contributed by atoms with van der Waals surface area (Å²) in [5.41, 5.74) is 0.869. The highest BCUT2D eigenvalue weighted by Crippen LogP contribution is 2.21. The van der Waals surface area contributed by atoms with E-state index in [2.05, 4.69) is 22.6 Å². The Kier molecular flexibility index (Phi) is 7.08. The van der Waals surface area contributed by atoms with Gasteiger partial charge in [0.15, 0.2) is 0 Å². The van der Waals surface area contributed by atoms with E-state index in [-0.39, 0.29) is 0 Å². The van der Waals surface area contributed by atoms with Gasteiger partial charge in [-0.1, -0.05) is 18.6 Å². The second-order valence-corrected chi connectivity index (χ2v) is 6.36. The quantitative estimate of drug-likeness (QED) is 0.291. The highest BCUT2D eigenvalue weighted by Gasteiger charge is 2.47. The fraction of sp³-hybridized carbons (Fsp3) is 0.867. The number of unbranched alkanes of at least 4 members (excludes halogenated alkanes) is 1. The van der Waals surface area contributed by atoms with Gasteiger partial charge >= 0.3 is 0 Å². The third-order valence-corrected chi connectivity index (χ3v) is 4.45. The van der Waals surface area contributed by atoms with Crippen LogP contribution >= 0.6 is 0 Å². The van der Waals surface area contributed by atoms with Gasteiger partial charge in [0.2, 0.25) is 0 Å². The monoisotopic (exact) mass is 344 g/mol. The van der Waals surface area contributed by atoms with E-state index in [0.717, 1.165) is 25.1 Å². The van der Waals surface area contributed by atoms with Gasteiger partial charge in [-0.15, -0.1) is 5.10 Å². The van der Waals surface area contributed by atoms with E-state index < -0.39 is 36.6 Å². The van der Waals surface area contributed by atoms with E-state index in [4.69, 9.17) is 0 Å². The summed E-state index contributed by atoms with van der Waals surface area (Å²) >= 11 is 0. The van der Waals surface area contributed by atoms with Crippen LogP contribution in [0.5, 0.6) is 0 Å². The van der Waals surface area contributed by atoms with Crippen molar-refractivity contribution in [1.29, 1.82) is 0 Å². The molecular formula is C15H28N4O5. The number of nitrogens with zero attached hydrogens (tertiary/aromatic N) is 3. The van der Waals surface area contributed by atoms with Crippen molar-refractivity contribution >= 4 is 0 Å². The summed E-state index contributed by atoms with van der Waals surface area (Å²) in [7, 11) is 0. The lowest BCUT2D eigenvalue weighted by atomic mass is 9.83. The van der Waals surface area contributed by atoms with E-state index in [1.165, 1.54) is 0 Å². The second-order valence-electron chi connectivity index (χ2n) is 6.36. The van der Waals surface area contributed by atoms with Crippen molar-refractivity contribution in [1.82, 2.24) is 20.3 Å². The van der Waals surface area contributed by atoms with Crippen molar-refractivity contribution < 1.29 is 25.5 Å². The standard InChI is InChI=1S/C15H28N4O5/c1-2-3-7-19-8-9(17-18-19)5-4-6-16-10-11(20)13(22)15(24)14(23)12(10)21/h8,10-16,20-24H,2-7H2,1H3. The van der Waals surface area contributed by atoms with Crippen molar-refractivity contribution in [2.45, 2.75) is 75.7 Å². The number of rotatable bonds is 8. The van der Waals surface area contributed by atoms with Crippen LogP contribution in [0.1, 0.15) is 31.9 Å². The zero-order valence-corrected chi connectivity index (χ0v) is 13.9. The molecule has 0 saturated heterocycles. The largest absolute Gasteiger partial charge is 0.389 e. The van der Waals surface area contributed by atoms with Crippen molar-refractivity contribution in [3.8, 4) is 0 Å². The van der Waals surface area contributed by atoms with Gasteiger partial charge in [-0.3, -0.25) is 4.68 Å². The van der Waals surface area contributed by atoms with Crippen LogP contribution in [0.4, 0.5) is 0 Å². The summed E-state index contributed by atoms with van der Waals surface area (Å²) in [4.78, 5) is 0. The van der Waals surface area contributed by atoms with Crippen molar-refractivity contribution in [3.05, 3.63) is 11.9 Å². The summed E-state index contributed by atoms with van der Waals surface area (Å²) in [6.07, 6.45) is -1.84. The van der Waals surface area contributed by atoms with E-state index in [1.54, 1.807) is 0 Å². The molecule has 6 N–H and O–H groups in total. The van der Waals surface area contributed by atoms with E-state index >= 15 is 0 Å². The molecule has 9 nitrogen and oxygen atoms in total. The molecule has 1 heterocycles. The first-order valence-corrected chi connectivity index (χ1v) is 8.48. The van der Waals surface area contributed by atoms with Crippen LogP contribution in [0, 0.1) is 0 Å². The molecule has 0 spiro atoms. The maximum atomic E-state index is 9.93. The Morgan fingerprint density at radius 3 is 2.25 bits per heavy atom. The third-order valence-electron chi connectivity index (χ3n) is 4.45. The normalized spacial score (nSPS) is 33.8. The summed E-state index contributed by atoms with van der Waals surface area (Å²) in [5.74, 6) is 0. The zero-order valence-electron chi connectivity index (χ0n) is 13.9. The Morgan fingerprint density at radius 1 is 1.00 bits per heavy atom. The van der Waals surface area contributed by atoms with E-state index in [1.807, 2.05) is 10.9 Å². The average molecular weight is 344 g/mol. The minimum Gasteiger partial charge on any atom is -0.389 e. The van der Waals surface area contributed by atoms with Gasteiger partial charge in [-0.2, -0.15) is 0 Å². The summed E-state index contributed by atoms with van der Waals surface area (Å²) < 4.78 is 1.81. The van der Waals surface area contributed by atoms with Crippen LogP contribution in [0.25, 0.3) is 0 Å². The molecule has 4 atom stereocenters. The lowest BCUT2D eigenvalue weighted by Crippen LogP contribution is -2.67. The maximum absolute atomic E-state index is 9.93. The number of nitrogens with one attached hydrogen (secondary N) is 1. The second kappa shape index (κ2) is 8.84. The first kappa shape index (κ1) is 19.2. The highest BCUT2D eigenvalue weighted by atomic mass is 16.4. The molecule has 4 unspecified atom stereocenters. The first-order valence-electron chi connectivity index (χ1n) is 8.48. The molecule has 1 saturated carbocycles. The van der Waals surface area contributed by atoms with E-state index in [9.17, 15) is 25.5 Å². The van der Waals surface area contributed by atoms with Gasteiger partial charge in [-0.25, -0.2) is 0 Å². The van der Waals surface area contributed by atoms with Crippen LogP contribution in [-0.2, 0) is 13.0 Å². The Morgan fingerprint density at radius 2 is 1.62 bits per heavy atom. The van der Waals surface area contributed by atoms with Gasteiger partial charge in [0.05, 0.1) is 11.7 Å². The van der Waals surface area contributed by atoms with Crippen LogP contribution in [0.15, 0.2) is 6.20 Å². The number of hydrogen-bond acceptors (Lipinski definition) is 8. The number of aromatic nitrogens is 3. The number of aliphatic hydroxyl groups is 5. The van der Waals surface area contributed by atoms with Crippen LogP contribution in [-0.4, -0.2) is 83.6 Å². The van der Waals surface area contributed by atoms with Crippen LogP contribution in [0.2, 0.25) is 0 Å². The Labute approximate surface area is 140 Å². The molecule has 0 aromatic carbocycles. The molecule has 0 amide bonds. The van der Waals surface area contributed by atoms with Crippen molar-refractivity contribution in [2.24, 2.45) is 0 Å². The minimum absolute atomic E-state index is 0.455. The molecular weight excluding hydrogens is 316 g/mol. The summed E-state index contributed by atoms with van der Waals surface area (Å²) in [6, 6.07) is -0.904. The molecule has 1 aliphatic rings. The minimum atomic E-state index is -1.56. The zero-order chi connectivity index (χ0) is 17.7. The van der Waals surface area contributed by atoms with Gasteiger partial charge < -0.3 is 30.8 Å². The molecule has 9 heteroatoms. The van der Waals surface area contributed by atoms with Crippen molar-refractivity contribution in [2.75, 3.05) is 6.54 Å². The molecule has 0 radical (unpaired) electrons. The number of aliphatic hydroxyl groups excluding tert-OH is 5. The Balaban J connectivity index is 1.76. The Hall–Kier alpha value is -1.10. The van der Waals surface area contributed by atoms with Crippen LogP contribution in [0.3, 0.4) is 0 Å².